The Kier molecular flexibility index (Phi) is 3.67. The number of nitrogen functional groups attached to an aromatic ring is 1. The minimum absolute atomic E-state index is 0.00553. The first-order valence-electron chi connectivity index (χ1n) is 4.31. The molecule has 0 aromatic heterocycles. The Morgan fingerprint density at radius 2 is 1.94 bits per heavy atom. The lowest BCUT2D eigenvalue weighted by Crippen LogP contribution is -2.15. The Morgan fingerprint density at radius 1 is 1.38 bits per heavy atom. The second-order valence-electron chi connectivity index (χ2n) is 3.21. The van der Waals surface area contributed by atoms with Crippen molar-refractivity contribution in [3.63, 3.8) is 0 Å². The van der Waals surface area contributed by atoms with E-state index in [1.54, 1.807) is 0 Å². The van der Waals surface area contributed by atoms with E-state index in [1.165, 1.54) is 6.07 Å². The van der Waals surface area contributed by atoms with Gasteiger partial charge in [0.25, 0.3) is 0 Å². The lowest BCUT2D eigenvalue weighted by molar-refractivity contribution is -0.137. The minimum atomic E-state index is -4.61. The Balaban J connectivity index is 3.33. The molecular formula is C9H10ClF3N2O. The van der Waals surface area contributed by atoms with Crippen molar-refractivity contribution in [2.75, 3.05) is 12.3 Å². The molecule has 7 heteroatoms. The van der Waals surface area contributed by atoms with Crippen LogP contribution in [0.2, 0.25) is 5.02 Å². The highest BCUT2D eigenvalue weighted by molar-refractivity contribution is 6.33. The van der Waals surface area contributed by atoms with Gasteiger partial charge in [-0.3, -0.25) is 0 Å². The third-order valence-corrected chi connectivity index (χ3v) is 2.38. The topological polar surface area (TPSA) is 72.3 Å². The van der Waals surface area contributed by atoms with Gasteiger partial charge in [-0.15, -0.1) is 0 Å². The zero-order valence-electron chi connectivity index (χ0n) is 8.05. The van der Waals surface area contributed by atoms with Crippen LogP contribution in [0.1, 0.15) is 17.2 Å². The predicted molar refractivity (Wildman–Crippen MR) is 54.9 cm³/mol. The number of hydrogen-bond donors (Lipinski definition) is 3. The molecule has 0 bridgehead atoms. The van der Waals surface area contributed by atoms with E-state index >= 15 is 0 Å². The van der Waals surface area contributed by atoms with Crippen molar-refractivity contribution in [2.24, 2.45) is 5.73 Å². The summed E-state index contributed by atoms with van der Waals surface area (Å²) in [5, 5.41) is 9.09. The first-order chi connectivity index (χ1) is 7.27. The molecule has 0 aliphatic carbocycles. The van der Waals surface area contributed by atoms with Crippen LogP contribution in [0.3, 0.4) is 0 Å². The maximum atomic E-state index is 12.5. The summed E-state index contributed by atoms with van der Waals surface area (Å²) in [5.74, 6) is 0. The Morgan fingerprint density at radius 3 is 2.38 bits per heavy atom. The zero-order chi connectivity index (χ0) is 12.5. The summed E-state index contributed by atoms with van der Waals surface area (Å²) < 4.78 is 37.6. The third kappa shape index (κ3) is 2.58. The van der Waals surface area contributed by atoms with E-state index in [1.807, 2.05) is 0 Å². The van der Waals surface area contributed by atoms with Crippen molar-refractivity contribution in [3.05, 3.63) is 28.3 Å². The van der Waals surface area contributed by atoms with Crippen LogP contribution in [-0.2, 0) is 6.18 Å². The predicted octanol–water partition coefficient (Wildman–Crippen LogP) is 1.93. The van der Waals surface area contributed by atoms with Gasteiger partial charge in [0.2, 0.25) is 0 Å². The number of nitrogens with two attached hydrogens (primary N) is 2. The summed E-state index contributed by atoms with van der Waals surface area (Å²) in [4.78, 5) is 0. The maximum absolute atomic E-state index is 12.5. The van der Waals surface area contributed by atoms with E-state index in [2.05, 4.69) is 0 Å². The summed E-state index contributed by atoms with van der Waals surface area (Å²) in [7, 11) is 0. The number of aliphatic hydroxyl groups is 1. The van der Waals surface area contributed by atoms with Crippen molar-refractivity contribution in [1.29, 1.82) is 0 Å². The van der Waals surface area contributed by atoms with Crippen molar-refractivity contribution in [2.45, 2.75) is 12.3 Å². The highest BCUT2D eigenvalue weighted by atomic mass is 35.5. The molecule has 0 aliphatic heterocycles. The Bertz CT molecular complexity index is 395. The SMILES string of the molecule is NCC(O)c1cc(Cl)c(N)c(C(F)(F)F)c1. The first kappa shape index (κ1) is 13.1. The van der Waals surface area contributed by atoms with E-state index in [9.17, 15) is 18.3 Å². The van der Waals surface area contributed by atoms with Gasteiger partial charge >= 0.3 is 6.18 Å². The van der Waals surface area contributed by atoms with Crippen LogP contribution >= 0.6 is 11.6 Å². The van der Waals surface area contributed by atoms with E-state index in [4.69, 9.17) is 23.1 Å². The van der Waals surface area contributed by atoms with E-state index in [-0.39, 0.29) is 17.1 Å². The molecule has 0 radical (unpaired) electrons. The fourth-order valence-electron chi connectivity index (χ4n) is 1.20. The molecule has 0 spiro atoms. The van der Waals surface area contributed by atoms with Crippen LogP contribution in [0, 0.1) is 0 Å². The molecule has 0 saturated carbocycles. The van der Waals surface area contributed by atoms with E-state index < -0.39 is 23.5 Å². The van der Waals surface area contributed by atoms with Crippen LogP contribution in [0.4, 0.5) is 18.9 Å². The third-order valence-electron chi connectivity index (χ3n) is 2.07. The molecule has 1 aromatic rings. The normalized spacial score (nSPS) is 13.9. The molecular weight excluding hydrogens is 245 g/mol. The van der Waals surface area contributed by atoms with Gasteiger partial charge < -0.3 is 16.6 Å². The molecule has 0 saturated heterocycles. The highest BCUT2D eigenvalue weighted by Crippen LogP contribution is 2.38. The molecule has 0 aliphatic rings. The first-order valence-corrected chi connectivity index (χ1v) is 4.69. The lowest BCUT2D eigenvalue weighted by atomic mass is 10.0. The van der Waals surface area contributed by atoms with Crippen molar-refractivity contribution >= 4 is 17.3 Å². The van der Waals surface area contributed by atoms with Gasteiger partial charge in [-0.1, -0.05) is 11.6 Å². The number of hydrogen-bond acceptors (Lipinski definition) is 3. The summed E-state index contributed by atoms with van der Waals surface area (Å²) in [6.07, 6.45) is -5.81. The van der Waals surface area contributed by atoms with Crippen LogP contribution in [0.25, 0.3) is 0 Å². The molecule has 1 atom stereocenters. The Hall–Kier alpha value is -0.980. The van der Waals surface area contributed by atoms with Gasteiger partial charge in [-0.2, -0.15) is 13.2 Å². The summed E-state index contributed by atoms with van der Waals surface area (Å²) >= 11 is 5.55. The quantitative estimate of drug-likeness (QED) is 0.706. The molecule has 1 rings (SSSR count). The lowest BCUT2D eigenvalue weighted by Gasteiger charge is -2.15. The van der Waals surface area contributed by atoms with Crippen molar-refractivity contribution < 1.29 is 18.3 Å². The van der Waals surface area contributed by atoms with Gasteiger partial charge in [0.1, 0.15) is 0 Å². The molecule has 0 amide bonds. The molecule has 5 N–H and O–H groups in total. The van der Waals surface area contributed by atoms with E-state index in [0.29, 0.717) is 0 Å². The number of halogens is 4. The van der Waals surface area contributed by atoms with Crippen LogP contribution < -0.4 is 11.5 Å². The van der Waals surface area contributed by atoms with Crippen LogP contribution in [0.5, 0.6) is 0 Å². The number of alkyl halides is 3. The molecule has 3 nitrogen and oxygen atoms in total. The van der Waals surface area contributed by atoms with Crippen LogP contribution in [-0.4, -0.2) is 11.7 Å². The van der Waals surface area contributed by atoms with E-state index in [0.717, 1.165) is 6.07 Å². The maximum Gasteiger partial charge on any atom is 0.418 e. The van der Waals surface area contributed by atoms with Gasteiger partial charge in [-0.05, 0) is 17.7 Å². The molecule has 0 fully saturated rings. The monoisotopic (exact) mass is 254 g/mol. The van der Waals surface area contributed by atoms with Gasteiger partial charge in [0.05, 0.1) is 22.4 Å². The average Bonchev–Trinajstić information content (AvgIpc) is 2.18. The number of aliphatic hydroxyl groups excluding tert-OH is 1. The number of anilines is 1. The fourth-order valence-corrected chi connectivity index (χ4v) is 1.43. The summed E-state index contributed by atoms with van der Waals surface area (Å²) in [6, 6.07) is 1.92. The fraction of sp³-hybridized carbons (Fsp3) is 0.333. The van der Waals surface area contributed by atoms with Gasteiger partial charge in [-0.25, -0.2) is 0 Å². The van der Waals surface area contributed by atoms with Crippen molar-refractivity contribution in [1.82, 2.24) is 0 Å². The highest BCUT2D eigenvalue weighted by Gasteiger charge is 2.34. The zero-order valence-corrected chi connectivity index (χ0v) is 8.81. The second-order valence-corrected chi connectivity index (χ2v) is 3.62. The number of rotatable bonds is 2. The van der Waals surface area contributed by atoms with Gasteiger partial charge in [0, 0.05) is 6.54 Å². The van der Waals surface area contributed by atoms with Crippen LogP contribution in [0.15, 0.2) is 12.1 Å². The Labute approximate surface area is 94.8 Å². The molecule has 16 heavy (non-hydrogen) atoms. The van der Waals surface area contributed by atoms with Crippen molar-refractivity contribution in [3.8, 4) is 0 Å². The largest absolute Gasteiger partial charge is 0.418 e. The smallest absolute Gasteiger partial charge is 0.397 e. The summed E-state index contributed by atoms with van der Waals surface area (Å²) in [5.41, 5.74) is 8.73. The number of benzene rings is 1. The standard InChI is InChI=1S/C9H10ClF3N2O/c10-6-2-4(7(16)3-14)1-5(8(6)15)9(11,12)13/h1-2,7,16H,3,14-15H2. The molecule has 1 aromatic carbocycles. The molecule has 90 valence electrons. The van der Waals surface area contributed by atoms with Gasteiger partial charge in [0.15, 0.2) is 0 Å². The molecule has 0 heterocycles. The minimum Gasteiger partial charge on any atom is -0.397 e. The summed E-state index contributed by atoms with van der Waals surface area (Å²) in [6.45, 7) is -0.197. The molecule has 1 unspecified atom stereocenters. The average molecular weight is 255 g/mol. The second kappa shape index (κ2) is 4.48.